The first kappa shape index (κ1) is 18.6. The topological polar surface area (TPSA) is 32.3 Å². The number of benzene rings is 1. The molecule has 3 nitrogen and oxygen atoms in total. The molecule has 0 atom stereocenters. The molecule has 1 amide bonds. The zero-order valence-corrected chi connectivity index (χ0v) is 15.3. The molecule has 1 N–H and O–H groups in total. The molecule has 0 radical (unpaired) electrons. The van der Waals surface area contributed by atoms with E-state index in [9.17, 15) is 4.79 Å². The molecule has 3 rings (SSSR count). The number of amides is 1. The second-order valence-electron chi connectivity index (χ2n) is 6.65. The molecule has 1 heterocycles. The maximum absolute atomic E-state index is 13.3. The van der Waals surface area contributed by atoms with E-state index in [4.69, 9.17) is 11.6 Å². The number of hydrogen-bond acceptors (Lipinski definition) is 2. The minimum absolute atomic E-state index is 0. The van der Waals surface area contributed by atoms with Gasteiger partial charge in [0.1, 0.15) is 0 Å². The lowest BCUT2D eigenvalue weighted by molar-refractivity contribution is -0.138. The van der Waals surface area contributed by atoms with Crippen LogP contribution in [0.2, 0.25) is 5.02 Å². The van der Waals surface area contributed by atoms with Gasteiger partial charge in [-0.05, 0) is 50.4 Å². The van der Waals surface area contributed by atoms with E-state index in [1.165, 1.54) is 0 Å². The average molecular weight is 357 g/mol. The van der Waals surface area contributed by atoms with Crippen LogP contribution in [0.15, 0.2) is 24.3 Å². The van der Waals surface area contributed by atoms with Gasteiger partial charge in [0, 0.05) is 24.2 Å². The molecular weight excluding hydrogens is 331 g/mol. The molecule has 1 aliphatic heterocycles. The molecule has 5 heteroatoms. The Kier molecular flexibility index (Phi) is 6.35. The molecule has 0 aromatic heterocycles. The Hall–Kier alpha value is -0.770. The summed E-state index contributed by atoms with van der Waals surface area (Å²) in [6.45, 7) is 1.75. The van der Waals surface area contributed by atoms with Crippen LogP contribution in [0, 0.1) is 0 Å². The lowest BCUT2D eigenvalue weighted by Crippen LogP contribution is -2.50. The van der Waals surface area contributed by atoms with Crippen molar-refractivity contribution < 1.29 is 4.79 Å². The number of halogens is 2. The number of nitrogens with zero attached hydrogens (tertiary/aromatic N) is 1. The molecule has 0 unspecified atom stereocenters. The van der Waals surface area contributed by atoms with E-state index in [1.807, 2.05) is 31.3 Å². The Morgan fingerprint density at radius 3 is 2.26 bits per heavy atom. The Labute approximate surface area is 150 Å². The predicted molar refractivity (Wildman–Crippen MR) is 97.5 cm³/mol. The number of carbonyl (C=O) groups excluding carboxylic acids is 1. The quantitative estimate of drug-likeness (QED) is 0.893. The fourth-order valence-electron chi connectivity index (χ4n) is 4.05. The normalized spacial score (nSPS) is 21.0. The predicted octanol–water partition coefficient (Wildman–Crippen LogP) is 3.78. The highest BCUT2D eigenvalue weighted by Gasteiger charge is 2.45. The molecule has 128 valence electrons. The molecule has 2 fully saturated rings. The maximum Gasteiger partial charge on any atom is 0.233 e. The lowest BCUT2D eigenvalue weighted by Gasteiger charge is -2.38. The van der Waals surface area contributed by atoms with Gasteiger partial charge in [-0.2, -0.15) is 0 Å². The molecule has 23 heavy (non-hydrogen) atoms. The largest absolute Gasteiger partial charge is 0.342 e. The molecule has 0 spiro atoms. The summed E-state index contributed by atoms with van der Waals surface area (Å²) in [6, 6.07) is 8.48. The van der Waals surface area contributed by atoms with Crippen molar-refractivity contribution in [2.24, 2.45) is 0 Å². The van der Waals surface area contributed by atoms with Crippen molar-refractivity contribution >= 4 is 29.9 Å². The minimum atomic E-state index is -0.308. The number of likely N-dealkylation sites (tertiary alicyclic amines) is 1. The molecule has 1 saturated carbocycles. The van der Waals surface area contributed by atoms with Gasteiger partial charge in [-0.3, -0.25) is 4.79 Å². The second-order valence-corrected chi connectivity index (χ2v) is 7.09. The molecule has 2 aliphatic rings. The van der Waals surface area contributed by atoms with Crippen molar-refractivity contribution in [3.63, 3.8) is 0 Å². The van der Waals surface area contributed by atoms with Crippen molar-refractivity contribution in [1.29, 1.82) is 0 Å². The summed E-state index contributed by atoms with van der Waals surface area (Å²) in [5.41, 5.74) is 0.840. The van der Waals surface area contributed by atoms with Crippen LogP contribution in [0.1, 0.15) is 44.1 Å². The van der Waals surface area contributed by atoms with Crippen LogP contribution in [-0.2, 0) is 10.2 Å². The highest BCUT2D eigenvalue weighted by molar-refractivity contribution is 6.30. The van der Waals surface area contributed by atoms with Gasteiger partial charge in [-0.1, -0.05) is 36.6 Å². The summed E-state index contributed by atoms with van der Waals surface area (Å²) in [6.07, 6.45) is 6.33. The minimum Gasteiger partial charge on any atom is -0.342 e. The molecular formula is C18H26Cl2N2O. The van der Waals surface area contributed by atoms with Crippen LogP contribution >= 0.6 is 24.0 Å². The maximum atomic E-state index is 13.3. The van der Waals surface area contributed by atoms with Gasteiger partial charge in [0.2, 0.25) is 5.91 Å². The smallest absolute Gasteiger partial charge is 0.233 e. The number of hydrogen-bond donors (Lipinski definition) is 1. The van der Waals surface area contributed by atoms with Gasteiger partial charge in [0.05, 0.1) is 5.41 Å². The van der Waals surface area contributed by atoms with E-state index in [0.717, 1.165) is 62.2 Å². The van der Waals surface area contributed by atoms with E-state index in [2.05, 4.69) is 10.2 Å². The van der Waals surface area contributed by atoms with Crippen LogP contribution in [0.3, 0.4) is 0 Å². The molecule has 1 aliphatic carbocycles. The summed E-state index contributed by atoms with van der Waals surface area (Å²) in [5.74, 6) is 0.335. The first-order valence-electron chi connectivity index (χ1n) is 8.38. The first-order valence-corrected chi connectivity index (χ1v) is 8.76. The van der Waals surface area contributed by atoms with E-state index in [0.29, 0.717) is 11.9 Å². The number of rotatable bonds is 3. The summed E-state index contributed by atoms with van der Waals surface area (Å²) in [4.78, 5) is 15.4. The Morgan fingerprint density at radius 2 is 1.74 bits per heavy atom. The van der Waals surface area contributed by atoms with Gasteiger partial charge in [0.25, 0.3) is 0 Å². The van der Waals surface area contributed by atoms with Crippen LogP contribution in [-0.4, -0.2) is 37.0 Å². The fraction of sp³-hybridized carbons (Fsp3) is 0.611. The number of carbonyl (C=O) groups is 1. The third-order valence-electron chi connectivity index (χ3n) is 5.45. The molecule has 0 bridgehead atoms. The van der Waals surface area contributed by atoms with Crippen molar-refractivity contribution in [2.45, 2.75) is 50.0 Å². The highest BCUT2D eigenvalue weighted by atomic mass is 35.5. The monoisotopic (exact) mass is 356 g/mol. The van der Waals surface area contributed by atoms with Gasteiger partial charge < -0.3 is 10.2 Å². The number of piperidine rings is 1. The molecule has 1 saturated heterocycles. The molecule has 1 aromatic rings. The average Bonchev–Trinajstić information content (AvgIpc) is 3.06. The Bertz CT molecular complexity index is 518. The zero-order valence-electron chi connectivity index (χ0n) is 13.7. The van der Waals surface area contributed by atoms with E-state index < -0.39 is 0 Å². The first-order chi connectivity index (χ1) is 10.7. The molecule has 1 aromatic carbocycles. The van der Waals surface area contributed by atoms with Crippen molar-refractivity contribution in [1.82, 2.24) is 10.2 Å². The summed E-state index contributed by atoms with van der Waals surface area (Å²) < 4.78 is 0. The van der Waals surface area contributed by atoms with Gasteiger partial charge in [-0.15, -0.1) is 12.4 Å². The van der Waals surface area contributed by atoms with E-state index in [1.54, 1.807) is 0 Å². The van der Waals surface area contributed by atoms with Crippen LogP contribution in [0.5, 0.6) is 0 Å². The van der Waals surface area contributed by atoms with Crippen molar-refractivity contribution in [2.75, 3.05) is 20.1 Å². The van der Waals surface area contributed by atoms with Gasteiger partial charge >= 0.3 is 0 Å². The zero-order chi connectivity index (χ0) is 15.6. The SMILES string of the molecule is CNC1CCN(C(=O)C2(c3ccc(Cl)cc3)CCCC2)CC1.Cl. The lowest BCUT2D eigenvalue weighted by atomic mass is 9.77. The van der Waals surface area contributed by atoms with E-state index >= 15 is 0 Å². The Balaban J connectivity index is 0.00000192. The summed E-state index contributed by atoms with van der Waals surface area (Å²) in [7, 11) is 2.01. The third-order valence-corrected chi connectivity index (χ3v) is 5.71. The standard InChI is InChI=1S/C18H25ClN2O.ClH/c1-20-16-8-12-21(13-9-16)17(22)18(10-2-3-11-18)14-4-6-15(19)7-5-14;/h4-7,16,20H,2-3,8-13H2,1H3;1H. The van der Waals surface area contributed by atoms with Crippen LogP contribution < -0.4 is 5.32 Å². The third kappa shape index (κ3) is 3.67. The highest BCUT2D eigenvalue weighted by Crippen LogP contribution is 2.43. The van der Waals surface area contributed by atoms with Gasteiger partial charge in [0.15, 0.2) is 0 Å². The van der Waals surface area contributed by atoms with Crippen molar-refractivity contribution in [3.05, 3.63) is 34.9 Å². The number of nitrogens with one attached hydrogen (secondary N) is 1. The Morgan fingerprint density at radius 1 is 1.17 bits per heavy atom. The fourth-order valence-corrected chi connectivity index (χ4v) is 4.17. The van der Waals surface area contributed by atoms with Crippen LogP contribution in [0.25, 0.3) is 0 Å². The second kappa shape index (κ2) is 7.87. The van der Waals surface area contributed by atoms with Crippen molar-refractivity contribution in [3.8, 4) is 0 Å². The van der Waals surface area contributed by atoms with Gasteiger partial charge in [-0.25, -0.2) is 0 Å². The van der Waals surface area contributed by atoms with Crippen LogP contribution in [0.4, 0.5) is 0 Å². The summed E-state index contributed by atoms with van der Waals surface area (Å²) >= 11 is 6.02. The van der Waals surface area contributed by atoms with E-state index in [-0.39, 0.29) is 17.8 Å². The summed E-state index contributed by atoms with van der Waals surface area (Å²) in [5, 5.41) is 4.06.